The lowest BCUT2D eigenvalue weighted by Gasteiger charge is -2.30. The van der Waals surface area contributed by atoms with Crippen LogP contribution in [0.1, 0.15) is 53.9 Å². The number of likely N-dealkylation sites (N-methyl/N-ethyl adjacent to an activating group) is 1. The third kappa shape index (κ3) is 5.89. The van der Waals surface area contributed by atoms with E-state index < -0.39 is 23.7 Å². The molecule has 0 saturated carbocycles. The van der Waals surface area contributed by atoms with Crippen molar-refractivity contribution in [2.45, 2.75) is 65.5 Å². The number of carbonyl (C=O) groups is 2. The molecular formula is C13H25NO4. The van der Waals surface area contributed by atoms with Crippen molar-refractivity contribution >= 4 is 12.1 Å². The Kier molecular flexibility index (Phi) is 6.73. The maximum Gasteiger partial charge on any atom is 0.411 e. The summed E-state index contributed by atoms with van der Waals surface area (Å²) < 4.78 is 5.23. The van der Waals surface area contributed by atoms with Crippen LogP contribution in [0.25, 0.3) is 0 Å². The maximum atomic E-state index is 11.9. The van der Waals surface area contributed by atoms with Crippen molar-refractivity contribution in [2.24, 2.45) is 0 Å². The number of hydrogen-bond acceptors (Lipinski definition) is 3. The molecule has 0 aromatic heterocycles. The highest BCUT2D eigenvalue weighted by Gasteiger charge is 2.31. The molecule has 0 aliphatic carbocycles. The molecule has 0 rings (SSSR count). The number of carbonyl (C=O) groups excluding carboxylic acids is 1. The highest BCUT2D eigenvalue weighted by Crippen LogP contribution is 2.15. The summed E-state index contributed by atoms with van der Waals surface area (Å²) in [5, 5.41) is 9.20. The van der Waals surface area contributed by atoms with Crippen LogP contribution in [0.4, 0.5) is 4.79 Å². The average Bonchev–Trinajstić information content (AvgIpc) is 2.20. The van der Waals surface area contributed by atoms with E-state index in [1.807, 2.05) is 6.92 Å². The summed E-state index contributed by atoms with van der Waals surface area (Å²) in [6.45, 7) is 9.37. The first-order valence-corrected chi connectivity index (χ1v) is 6.45. The number of hydrogen-bond donors (Lipinski definition) is 1. The summed E-state index contributed by atoms with van der Waals surface area (Å²) in [4.78, 5) is 24.4. The number of carboxylic acids is 1. The van der Waals surface area contributed by atoms with Crippen LogP contribution < -0.4 is 0 Å². The molecule has 0 spiro atoms. The average molecular weight is 259 g/mol. The monoisotopic (exact) mass is 259 g/mol. The van der Waals surface area contributed by atoms with Crippen LogP contribution in [0, 0.1) is 0 Å². The second-order valence-corrected chi connectivity index (χ2v) is 5.26. The number of aliphatic carboxylic acids is 1. The first kappa shape index (κ1) is 16.7. The molecular weight excluding hydrogens is 234 g/mol. The number of carboxylic acid groups (broad SMARTS) is 1. The van der Waals surface area contributed by atoms with Gasteiger partial charge in [-0.25, -0.2) is 9.59 Å². The van der Waals surface area contributed by atoms with Gasteiger partial charge in [-0.05, 0) is 34.1 Å². The summed E-state index contributed by atoms with van der Waals surface area (Å²) in [5.74, 6) is -0.976. The Morgan fingerprint density at radius 1 is 1.28 bits per heavy atom. The van der Waals surface area contributed by atoms with Gasteiger partial charge < -0.3 is 9.84 Å². The molecule has 0 aliphatic heterocycles. The molecule has 5 nitrogen and oxygen atoms in total. The lowest BCUT2D eigenvalue weighted by molar-refractivity contribution is -0.143. The minimum atomic E-state index is -0.976. The quantitative estimate of drug-likeness (QED) is 0.796. The zero-order valence-corrected chi connectivity index (χ0v) is 12.0. The normalized spacial score (nSPS) is 12.9. The van der Waals surface area contributed by atoms with Crippen LogP contribution in [0.5, 0.6) is 0 Å². The van der Waals surface area contributed by atoms with Crippen molar-refractivity contribution in [3.8, 4) is 0 Å². The number of amides is 1. The van der Waals surface area contributed by atoms with Crippen LogP contribution in [0.2, 0.25) is 0 Å². The Morgan fingerprint density at radius 2 is 1.83 bits per heavy atom. The fourth-order valence-electron chi connectivity index (χ4n) is 1.61. The lowest BCUT2D eigenvalue weighted by Crippen LogP contribution is -2.47. The molecule has 0 aromatic rings. The number of ether oxygens (including phenoxy) is 1. The van der Waals surface area contributed by atoms with Crippen molar-refractivity contribution < 1.29 is 19.4 Å². The fraction of sp³-hybridized carbons (Fsp3) is 0.846. The van der Waals surface area contributed by atoms with Crippen LogP contribution in [-0.2, 0) is 9.53 Å². The Hall–Kier alpha value is -1.26. The number of rotatable bonds is 6. The van der Waals surface area contributed by atoms with Crippen molar-refractivity contribution in [3.05, 3.63) is 0 Å². The molecule has 1 unspecified atom stereocenters. The first-order chi connectivity index (χ1) is 8.22. The van der Waals surface area contributed by atoms with Gasteiger partial charge >= 0.3 is 12.1 Å². The summed E-state index contributed by atoms with van der Waals surface area (Å²) >= 11 is 0. The van der Waals surface area contributed by atoms with Gasteiger partial charge in [0.2, 0.25) is 0 Å². The van der Waals surface area contributed by atoms with Gasteiger partial charge in [-0.2, -0.15) is 0 Å². The van der Waals surface area contributed by atoms with E-state index in [0.29, 0.717) is 13.0 Å². The minimum absolute atomic E-state index is 0.329. The minimum Gasteiger partial charge on any atom is -0.480 e. The topological polar surface area (TPSA) is 66.8 Å². The molecule has 0 aromatic carbocycles. The molecule has 0 radical (unpaired) electrons. The van der Waals surface area contributed by atoms with Crippen LogP contribution in [0.15, 0.2) is 0 Å². The van der Waals surface area contributed by atoms with Crippen molar-refractivity contribution in [1.29, 1.82) is 0 Å². The van der Waals surface area contributed by atoms with Crippen molar-refractivity contribution in [2.75, 3.05) is 6.54 Å². The van der Waals surface area contributed by atoms with Gasteiger partial charge in [0.25, 0.3) is 0 Å². The Balaban J connectivity index is 4.78. The molecule has 1 N–H and O–H groups in total. The molecule has 0 saturated heterocycles. The van der Waals surface area contributed by atoms with Gasteiger partial charge in [-0.3, -0.25) is 4.90 Å². The van der Waals surface area contributed by atoms with E-state index in [1.165, 1.54) is 4.90 Å². The summed E-state index contributed by atoms with van der Waals surface area (Å²) in [5.41, 5.74) is -0.613. The Labute approximate surface area is 109 Å². The number of nitrogens with zero attached hydrogens (tertiary/aromatic N) is 1. The van der Waals surface area contributed by atoms with Crippen molar-refractivity contribution in [1.82, 2.24) is 4.90 Å². The van der Waals surface area contributed by atoms with E-state index in [0.717, 1.165) is 12.8 Å². The van der Waals surface area contributed by atoms with Gasteiger partial charge in [0, 0.05) is 6.54 Å². The van der Waals surface area contributed by atoms with E-state index in [2.05, 4.69) is 0 Å². The molecule has 18 heavy (non-hydrogen) atoms. The summed E-state index contributed by atoms with van der Waals surface area (Å²) in [7, 11) is 0. The number of unbranched alkanes of at least 4 members (excludes halogenated alkanes) is 1. The van der Waals surface area contributed by atoms with Gasteiger partial charge in [-0.15, -0.1) is 0 Å². The molecule has 0 bridgehead atoms. The molecule has 0 aliphatic rings. The lowest BCUT2D eigenvalue weighted by atomic mass is 10.1. The third-order valence-electron chi connectivity index (χ3n) is 2.46. The molecule has 0 fully saturated rings. The molecule has 1 atom stereocenters. The van der Waals surface area contributed by atoms with Gasteiger partial charge in [-0.1, -0.05) is 19.8 Å². The summed E-state index contributed by atoms with van der Waals surface area (Å²) in [6.07, 6.45) is 1.57. The zero-order valence-electron chi connectivity index (χ0n) is 12.0. The predicted molar refractivity (Wildman–Crippen MR) is 69.6 cm³/mol. The largest absolute Gasteiger partial charge is 0.480 e. The van der Waals surface area contributed by atoms with E-state index in [1.54, 1.807) is 27.7 Å². The van der Waals surface area contributed by atoms with Crippen LogP contribution in [0.3, 0.4) is 0 Å². The fourth-order valence-corrected chi connectivity index (χ4v) is 1.61. The molecule has 106 valence electrons. The van der Waals surface area contributed by atoms with E-state index >= 15 is 0 Å². The highest BCUT2D eigenvalue weighted by molar-refractivity contribution is 5.80. The molecule has 0 heterocycles. The second-order valence-electron chi connectivity index (χ2n) is 5.26. The van der Waals surface area contributed by atoms with Crippen molar-refractivity contribution in [3.63, 3.8) is 0 Å². The third-order valence-corrected chi connectivity index (χ3v) is 2.46. The summed E-state index contributed by atoms with van der Waals surface area (Å²) in [6, 6.07) is -0.801. The van der Waals surface area contributed by atoms with Crippen LogP contribution in [-0.4, -0.2) is 40.3 Å². The molecule has 5 heteroatoms. The van der Waals surface area contributed by atoms with E-state index in [9.17, 15) is 14.7 Å². The van der Waals surface area contributed by atoms with E-state index in [-0.39, 0.29) is 0 Å². The Morgan fingerprint density at radius 3 is 2.17 bits per heavy atom. The SMILES string of the molecule is CCCCC(C(=O)O)N(CC)C(=O)OC(C)(C)C. The highest BCUT2D eigenvalue weighted by atomic mass is 16.6. The predicted octanol–water partition coefficient (Wildman–Crippen LogP) is 2.89. The van der Waals surface area contributed by atoms with Gasteiger partial charge in [0.15, 0.2) is 0 Å². The van der Waals surface area contributed by atoms with E-state index in [4.69, 9.17) is 4.74 Å². The Bertz CT molecular complexity index is 283. The smallest absolute Gasteiger partial charge is 0.411 e. The first-order valence-electron chi connectivity index (χ1n) is 6.45. The second kappa shape index (κ2) is 7.24. The maximum absolute atomic E-state index is 11.9. The van der Waals surface area contributed by atoms with Gasteiger partial charge in [0.1, 0.15) is 11.6 Å². The van der Waals surface area contributed by atoms with Crippen LogP contribution >= 0.6 is 0 Å². The zero-order chi connectivity index (χ0) is 14.3. The standard InChI is InChI=1S/C13H25NO4/c1-6-8-9-10(11(15)16)14(7-2)12(17)18-13(3,4)5/h10H,6-9H2,1-5H3,(H,15,16). The van der Waals surface area contributed by atoms with Gasteiger partial charge in [0.05, 0.1) is 0 Å². The molecule has 1 amide bonds.